The van der Waals surface area contributed by atoms with Crippen molar-refractivity contribution >= 4 is 29.2 Å². The van der Waals surface area contributed by atoms with E-state index in [1.165, 1.54) is 25.3 Å². The molecule has 1 N–H and O–H groups in total. The standard InChI is InChI=1S/C19H17ClFN3O2/c1-12(13-6-8-16(26-2)14(21)11-13)22-18(25)9-7-15-19(20)23-17-5-3-4-10-24(15)17/h3-12H,1-2H3,(H,22,25)/b9-7+/t12-/m1/s1. The fourth-order valence-corrected chi connectivity index (χ4v) is 2.83. The minimum Gasteiger partial charge on any atom is -0.494 e. The van der Waals surface area contributed by atoms with Crippen molar-refractivity contribution in [2.24, 2.45) is 0 Å². The molecule has 0 spiro atoms. The summed E-state index contributed by atoms with van der Waals surface area (Å²) in [6, 6.07) is 9.74. The molecule has 0 fully saturated rings. The molecule has 26 heavy (non-hydrogen) atoms. The second-order valence-corrected chi connectivity index (χ2v) is 6.03. The smallest absolute Gasteiger partial charge is 0.244 e. The Bertz CT molecular complexity index is 984. The summed E-state index contributed by atoms with van der Waals surface area (Å²) in [5.41, 5.74) is 1.94. The summed E-state index contributed by atoms with van der Waals surface area (Å²) in [5, 5.41) is 3.10. The van der Waals surface area contributed by atoms with Gasteiger partial charge in [-0.15, -0.1) is 0 Å². The molecular formula is C19H17ClFN3O2. The van der Waals surface area contributed by atoms with E-state index in [1.807, 2.05) is 24.4 Å². The van der Waals surface area contributed by atoms with Gasteiger partial charge in [-0.05, 0) is 42.8 Å². The molecule has 5 nitrogen and oxygen atoms in total. The zero-order valence-electron chi connectivity index (χ0n) is 14.2. The number of rotatable bonds is 5. The topological polar surface area (TPSA) is 55.6 Å². The summed E-state index contributed by atoms with van der Waals surface area (Å²) in [4.78, 5) is 16.4. The summed E-state index contributed by atoms with van der Waals surface area (Å²) in [5.74, 6) is -0.635. The Morgan fingerprint density at radius 2 is 2.19 bits per heavy atom. The number of aromatic nitrogens is 2. The number of carbonyl (C=O) groups excluding carboxylic acids is 1. The van der Waals surface area contributed by atoms with Gasteiger partial charge in [0, 0.05) is 12.3 Å². The Labute approximate surface area is 155 Å². The van der Waals surface area contributed by atoms with Crippen molar-refractivity contribution in [3.8, 4) is 5.75 Å². The van der Waals surface area contributed by atoms with E-state index in [0.29, 0.717) is 22.1 Å². The van der Waals surface area contributed by atoms with Crippen molar-refractivity contribution in [2.75, 3.05) is 7.11 Å². The van der Waals surface area contributed by atoms with Crippen LogP contribution in [0.25, 0.3) is 11.7 Å². The van der Waals surface area contributed by atoms with Crippen LogP contribution in [0.3, 0.4) is 0 Å². The molecule has 0 bridgehead atoms. The van der Waals surface area contributed by atoms with E-state index in [2.05, 4.69) is 10.3 Å². The van der Waals surface area contributed by atoms with Crippen LogP contribution in [-0.4, -0.2) is 22.4 Å². The van der Waals surface area contributed by atoms with E-state index in [1.54, 1.807) is 23.5 Å². The number of fused-ring (bicyclic) bond motifs is 1. The van der Waals surface area contributed by atoms with Gasteiger partial charge in [0.15, 0.2) is 16.7 Å². The van der Waals surface area contributed by atoms with Crippen molar-refractivity contribution < 1.29 is 13.9 Å². The van der Waals surface area contributed by atoms with Crippen molar-refractivity contribution in [3.05, 3.63) is 70.9 Å². The van der Waals surface area contributed by atoms with Crippen molar-refractivity contribution in [2.45, 2.75) is 13.0 Å². The van der Waals surface area contributed by atoms with Crippen LogP contribution in [0.5, 0.6) is 5.75 Å². The fraction of sp³-hybridized carbons (Fsp3) is 0.158. The lowest BCUT2D eigenvalue weighted by molar-refractivity contribution is -0.117. The lowest BCUT2D eigenvalue weighted by Gasteiger charge is -2.14. The fourth-order valence-electron chi connectivity index (χ4n) is 2.59. The first kappa shape index (κ1) is 17.9. The van der Waals surface area contributed by atoms with Crippen LogP contribution in [0.15, 0.2) is 48.7 Å². The molecule has 7 heteroatoms. The molecule has 2 aromatic heterocycles. The van der Waals surface area contributed by atoms with E-state index in [-0.39, 0.29) is 17.7 Å². The van der Waals surface area contributed by atoms with Crippen LogP contribution < -0.4 is 10.1 Å². The number of imidazole rings is 1. The van der Waals surface area contributed by atoms with Gasteiger partial charge in [-0.2, -0.15) is 0 Å². The predicted octanol–water partition coefficient (Wildman–Crippen LogP) is 4.03. The Kier molecular flexibility index (Phi) is 5.23. The molecule has 1 aromatic carbocycles. The first-order valence-corrected chi connectivity index (χ1v) is 8.32. The maximum absolute atomic E-state index is 13.8. The molecular weight excluding hydrogens is 357 g/mol. The van der Waals surface area contributed by atoms with E-state index in [9.17, 15) is 9.18 Å². The minimum absolute atomic E-state index is 0.162. The lowest BCUT2D eigenvalue weighted by Crippen LogP contribution is -2.24. The minimum atomic E-state index is -0.473. The highest BCUT2D eigenvalue weighted by Gasteiger charge is 2.12. The first-order valence-electron chi connectivity index (χ1n) is 7.94. The van der Waals surface area contributed by atoms with E-state index < -0.39 is 5.82 Å². The quantitative estimate of drug-likeness (QED) is 0.687. The normalized spacial score (nSPS) is 12.5. The van der Waals surface area contributed by atoms with Crippen LogP contribution >= 0.6 is 11.6 Å². The van der Waals surface area contributed by atoms with Gasteiger partial charge in [-0.25, -0.2) is 9.37 Å². The maximum atomic E-state index is 13.8. The molecule has 1 amide bonds. The predicted molar refractivity (Wildman–Crippen MR) is 98.7 cm³/mol. The number of nitrogens with one attached hydrogen (secondary N) is 1. The Morgan fingerprint density at radius 3 is 2.92 bits per heavy atom. The molecule has 0 aliphatic carbocycles. The highest BCUT2D eigenvalue weighted by molar-refractivity contribution is 6.31. The van der Waals surface area contributed by atoms with Crippen LogP contribution in [0.1, 0.15) is 24.2 Å². The number of benzene rings is 1. The molecule has 3 rings (SSSR count). The zero-order chi connectivity index (χ0) is 18.7. The second kappa shape index (κ2) is 7.58. The number of hydrogen-bond donors (Lipinski definition) is 1. The summed E-state index contributed by atoms with van der Waals surface area (Å²) < 4.78 is 20.5. The number of nitrogens with zero attached hydrogens (tertiary/aromatic N) is 2. The molecule has 2 heterocycles. The third kappa shape index (κ3) is 3.70. The van der Waals surface area contributed by atoms with Crippen LogP contribution in [0.4, 0.5) is 4.39 Å². The second-order valence-electron chi connectivity index (χ2n) is 5.67. The van der Waals surface area contributed by atoms with E-state index in [0.717, 1.165) is 0 Å². The Hall–Kier alpha value is -2.86. The number of carbonyl (C=O) groups is 1. The molecule has 0 aliphatic rings. The third-order valence-corrected chi connectivity index (χ3v) is 4.23. The van der Waals surface area contributed by atoms with Gasteiger partial charge in [-0.1, -0.05) is 23.7 Å². The molecule has 1 atom stereocenters. The number of hydrogen-bond acceptors (Lipinski definition) is 3. The van der Waals surface area contributed by atoms with Crippen LogP contribution in [0, 0.1) is 5.82 Å². The maximum Gasteiger partial charge on any atom is 0.244 e. The monoisotopic (exact) mass is 373 g/mol. The van der Waals surface area contributed by atoms with E-state index in [4.69, 9.17) is 16.3 Å². The van der Waals surface area contributed by atoms with Gasteiger partial charge in [0.25, 0.3) is 0 Å². The molecule has 134 valence electrons. The molecule has 0 unspecified atom stereocenters. The van der Waals surface area contributed by atoms with Gasteiger partial charge in [0.05, 0.1) is 18.8 Å². The molecule has 0 radical (unpaired) electrons. The highest BCUT2D eigenvalue weighted by atomic mass is 35.5. The summed E-state index contributed by atoms with van der Waals surface area (Å²) >= 11 is 6.13. The van der Waals surface area contributed by atoms with Crippen molar-refractivity contribution in [3.63, 3.8) is 0 Å². The van der Waals surface area contributed by atoms with E-state index >= 15 is 0 Å². The average Bonchev–Trinajstić information content (AvgIpc) is 2.95. The third-order valence-electron chi connectivity index (χ3n) is 3.95. The number of amides is 1. The Balaban J connectivity index is 1.72. The average molecular weight is 374 g/mol. The summed E-state index contributed by atoms with van der Waals surface area (Å²) in [7, 11) is 1.40. The van der Waals surface area contributed by atoms with Gasteiger partial charge < -0.3 is 10.1 Å². The summed E-state index contributed by atoms with van der Waals surface area (Å²) in [6.07, 6.45) is 4.78. The molecule has 3 aromatic rings. The highest BCUT2D eigenvalue weighted by Crippen LogP contribution is 2.22. The van der Waals surface area contributed by atoms with Gasteiger partial charge >= 0.3 is 0 Å². The molecule has 0 saturated carbocycles. The number of methoxy groups -OCH3 is 1. The van der Waals surface area contributed by atoms with Gasteiger partial charge in [-0.3, -0.25) is 9.20 Å². The first-order chi connectivity index (χ1) is 12.5. The van der Waals surface area contributed by atoms with Crippen LogP contribution in [0.2, 0.25) is 5.15 Å². The van der Waals surface area contributed by atoms with Crippen LogP contribution in [-0.2, 0) is 4.79 Å². The lowest BCUT2D eigenvalue weighted by atomic mass is 10.1. The SMILES string of the molecule is COc1ccc([C@@H](C)NC(=O)/C=C/c2c(Cl)nc3ccccn23)cc1F. The van der Waals surface area contributed by atoms with Crippen molar-refractivity contribution in [1.29, 1.82) is 0 Å². The summed E-state index contributed by atoms with van der Waals surface area (Å²) in [6.45, 7) is 1.77. The molecule has 0 saturated heterocycles. The number of halogens is 2. The largest absolute Gasteiger partial charge is 0.494 e. The zero-order valence-corrected chi connectivity index (χ0v) is 15.0. The Morgan fingerprint density at radius 1 is 1.38 bits per heavy atom. The number of pyridine rings is 1. The number of ether oxygens (including phenoxy) is 1. The van der Waals surface area contributed by atoms with Gasteiger partial charge in [0.2, 0.25) is 5.91 Å². The van der Waals surface area contributed by atoms with Gasteiger partial charge in [0.1, 0.15) is 5.65 Å². The molecule has 0 aliphatic heterocycles. The van der Waals surface area contributed by atoms with Crippen molar-refractivity contribution in [1.82, 2.24) is 14.7 Å².